The minimum absolute atomic E-state index is 0.0118. The molecule has 0 fully saturated rings. The number of benzene rings is 2. The van der Waals surface area contributed by atoms with Crippen molar-refractivity contribution >= 4 is 32.1 Å². The first-order valence-corrected chi connectivity index (χ1v) is 10.9. The van der Waals surface area contributed by atoms with E-state index in [-0.39, 0.29) is 28.4 Å². The van der Waals surface area contributed by atoms with Crippen LogP contribution in [0.5, 0.6) is 17.2 Å². The first kappa shape index (κ1) is 23.3. The van der Waals surface area contributed by atoms with Gasteiger partial charge in [-0.15, -0.1) is 0 Å². The van der Waals surface area contributed by atoms with Gasteiger partial charge in [-0.05, 0) is 29.8 Å². The fourth-order valence-corrected chi connectivity index (χ4v) is 3.88. The average molecular weight is 458 g/mol. The second-order valence-corrected chi connectivity index (χ2v) is 8.54. The van der Waals surface area contributed by atoms with Gasteiger partial charge in [0, 0.05) is 6.07 Å². The molecular weight excluding hydrogens is 440 g/mol. The lowest BCUT2D eigenvalue weighted by molar-refractivity contribution is 0.104. The van der Waals surface area contributed by atoms with Crippen LogP contribution in [0.15, 0.2) is 46.2 Å². The van der Waals surface area contributed by atoms with Crippen LogP contribution in [0, 0.1) is 0 Å². The molecule has 162 valence electrons. The predicted molar refractivity (Wildman–Crippen MR) is 106 cm³/mol. The van der Waals surface area contributed by atoms with E-state index in [1.54, 1.807) is 0 Å². The maximum Gasteiger partial charge on any atom is 0.298 e. The summed E-state index contributed by atoms with van der Waals surface area (Å²) in [6, 6.07) is 5.85. The lowest BCUT2D eigenvalue weighted by atomic mass is 10.1. The quantitative estimate of drug-likeness (QED) is 0.341. The minimum Gasteiger partial charge on any atom is -0.496 e. The molecule has 2 aromatic carbocycles. The Kier molecular flexibility index (Phi) is 6.87. The fraction of sp³-hybridized carbons (Fsp3) is 0.167. The Bertz CT molecular complexity index is 1210. The third kappa shape index (κ3) is 5.16. The molecule has 0 aliphatic rings. The van der Waals surface area contributed by atoms with Crippen LogP contribution in [0.2, 0.25) is 0 Å². The summed E-state index contributed by atoms with van der Waals surface area (Å²) in [6.07, 6.45) is 2.28. The molecular formula is C18H18O10S2. The van der Waals surface area contributed by atoms with Crippen molar-refractivity contribution in [3.05, 3.63) is 47.5 Å². The Morgan fingerprint density at radius 2 is 1.33 bits per heavy atom. The number of hydrogen-bond acceptors (Lipinski definition) is 8. The number of carbonyl (C=O) groups is 1. The van der Waals surface area contributed by atoms with E-state index < -0.39 is 35.8 Å². The van der Waals surface area contributed by atoms with Crippen molar-refractivity contribution in [1.29, 1.82) is 0 Å². The Labute approximate surface area is 173 Å². The van der Waals surface area contributed by atoms with Crippen LogP contribution in [-0.4, -0.2) is 53.1 Å². The molecule has 0 radical (unpaired) electrons. The highest BCUT2D eigenvalue weighted by Gasteiger charge is 2.23. The van der Waals surface area contributed by atoms with Gasteiger partial charge in [-0.2, -0.15) is 16.8 Å². The van der Waals surface area contributed by atoms with Gasteiger partial charge in [0.15, 0.2) is 5.78 Å². The van der Waals surface area contributed by atoms with Gasteiger partial charge in [0.05, 0.1) is 26.9 Å². The first-order chi connectivity index (χ1) is 13.9. The number of carbonyl (C=O) groups excluding carboxylic acids is 1. The molecule has 0 saturated carbocycles. The summed E-state index contributed by atoms with van der Waals surface area (Å²) >= 11 is 0. The van der Waals surface area contributed by atoms with E-state index in [4.69, 9.17) is 14.2 Å². The normalized spacial score (nSPS) is 12.0. The molecule has 10 nitrogen and oxygen atoms in total. The van der Waals surface area contributed by atoms with Crippen molar-refractivity contribution < 1.29 is 44.9 Å². The van der Waals surface area contributed by atoms with Crippen LogP contribution in [0.1, 0.15) is 15.9 Å². The van der Waals surface area contributed by atoms with Gasteiger partial charge in [-0.1, -0.05) is 12.1 Å². The number of methoxy groups -OCH3 is 3. The molecule has 2 aromatic rings. The topological polar surface area (TPSA) is 154 Å². The van der Waals surface area contributed by atoms with Crippen molar-refractivity contribution in [2.45, 2.75) is 9.79 Å². The summed E-state index contributed by atoms with van der Waals surface area (Å²) in [5.74, 6) is -1.02. The molecule has 0 aromatic heterocycles. The molecule has 12 heteroatoms. The third-order valence-corrected chi connectivity index (χ3v) is 5.67. The van der Waals surface area contributed by atoms with E-state index in [9.17, 15) is 30.7 Å². The predicted octanol–water partition coefficient (Wildman–Crippen LogP) is 2.10. The van der Waals surface area contributed by atoms with Gasteiger partial charge in [0.25, 0.3) is 20.2 Å². The van der Waals surface area contributed by atoms with Gasteiger partial charge in [0.1, 0.15) is 27.0 Å². The summed E-state index contributed by atoms with van der Waals surface area (Å²) in [5, 5.41) is 0. The second-order valence-electron chi connectivity index (χ2n) is 5.76. The van der Waals surface area contributed by atoms with E-state index in [0.29, 0.717) is 0 Å². The van der Waals surface area contributed by atoms with Gasteiger partial charge in [0.2, 0.25) is 0 Å². The fourth-order valence-electron chi connectivity index (χ4n) is 2.52. The first-order valence-electron chi connectivity index (χ1n) is 8.03. The molecule has 0 bridgehead atoms. The molecule has 0 heterocycles. The second kappa shape index (κ2) is 8.83. The zero-order chi connectivity index (χ0) is 22.7. The largest absolute Gasteiger partial charge is 0.496 e. The molecule has 0 aliphatic carbocycles. The number of hydrogen-bond donors (Lipinski definition) is 2. The van der Waals surface area contributed by atoms with Crippen LogP contribution in [0.4, 0.5) is 0 Å². The molecule has 0 atom stereocenters. The van der Waals surface area contributed by atoms with Gasteiger partial charge in [-0.25, -0.2) is 0 Å². The molecule has 0 spiro atoms. The Balaban J connectivity index is 2.51. The Morgan fingerprint density at radius 1 is 0.800 bits per heavy atom. The summed E-state index contributed by atoms with van der Waals surface area (Å²) in [6.45, 7) is 0. The van der Waals surface area contributed by atoms with Gasteiger partial charge in [-0.3, -0.25) is 13.9 Å². The van der Waals surface area contributed by atoms with Crippen molar-refractivity contribution in [1.82, 2.24) is 0 Å². The standard InChI is InChI=1S/C18H18O10S2/c1-26-14-7-5-11(8-17(14)29(20,21)22)4-6-13(19)12-9-18(30(23,24)25)16(28-3)10-15(12)27-2/h4-10H,1-3H3,(H,20,21,22)(H,23,24,25)/b6-4+. The van der Waals surface area contributed by atoms with Crippen molar-refractivity contribution in [2.75, 3.05) is 21.3 Å². The zero-order valence-electron chi connectivity index (χ0n) is 16.0. The average Bonchev–Trinajstić information content (AvgIpc) is 2.69. The summed E-state index contributed by atoms with van der Waals surface area (Å²) in [5.41, 5.74) is 0.0462. The smallest absolute Gasteiger partial charge is 0.298 e. The lowest BCUT2D eigenvalue weighted by Gasteiger charge is -2.12. The Hall–Kier alpha value is -2.93. The van der Waals surface area contributed by atoms with E-state index in [2.05, 4.69) is 0 Å². The number of ketones is 1. The lowest BCUT2D eigenvalue weighted by Crippen LogP contribution is -2.06. The number of allylic oxidation sites excluding steroid dienone is 1. The maximum atomic E-state index is 12.6. The third-order valence-electron chi connectivity index (χ3n) is 3.92. The van der Waals surface area contributed by atoms with Crippen molar-refractivity contribution in [3.63, 3.8) is 0 Å². The summed E-state index contributed by atoms with van der Waals surface area (Å²) in [7, 11) is -5.60. The summed E-state index contributed by atoms with van der Waals surface area (Å²) in [4.78, 5) is 11.5. The number of ether oxygens (including phenoxy) is 3. The van der Waals surface area contributed by atoms with E-state index >= 15 is 0 Å². The molecule has 0 amide bonds. The highest BCUT2D eigenvalue weighted by Crippen LogP contribution is 2.33. The highest BCUT2D eigenvalue weighted by molar-refractivity contribution is 7.86. The molecule has 2 rings (SSSR count). The SMILES string of the molecule is COc1cc(OC)c(S(=O)(=O)O)cc1C(=O)/C=C/c1ccc(OC)c(S(=O)(=O)O)c1. The maximum absolute atomic E-state index is 12.6. The highest BCUT2D eigenvalue weighted by atomic mass is 32.2. The van der Waals surface area contributed by atoms with Gasteiger partial charge < -0.3 is 14.2 Å². The van der Waals surface area contributed by atoms with Crippen LogP contribution >= 0.6 is 0 Å². The molecule has 30 heavy (non-hydrogen) atoms. The van der Waals surface area contributed by atoms with Gasteiger partial charge >= 0.3 is 0 Å². The molecule has 0 aliphatic heterocycles. The molecule has 0 unspecified atom stereocenters. The van der Waals surface area contributed by atoms with Crippen LogP contribution in [-0.2, 0) is 20.2 Å². The molecule has 0 saturated heterocycles. The van der Waals surface area contributed by atoms with E-state index in [1.807, 2.05) is 0 Å². The van der Waals surface area contributed by atoms with Crippen molar-refractivity contribution in [3.8, 4) is 17.2 Å². The number of rotatable bonds is 8. The zero-order valence-corrected chi connectivity index (χ0v) is 17.7. The van der Waals surface area contributed by atoms with E-state index in [0.717, 1.165) is 24.3 Å². The van der Waals surface area contributed by atoms with Crippen LogP contribution in [0.25, 0.3) is 6.08 Å². The summed E-state index contributed by atoms with van der Waals surface area (Å²) < 4.78 is 79.6. The van der Waals surface area contributed by atoms with E-state index in [1.165, 1.54) is 39.5 Å². The monoisotopic (exact) mass is 458 g/mol. The van der Waals surface area contributed by atoms with Crippen molar-refractivity contribution in [2.24, 2.45) is 0 Å². The van der Waals surface area contributed by atoms with Crippen LogP contribution < -0.4 is 14.2 Å². The Morgan fingerprint density at radius 3 is 1.83 bits per heavy atom. The molecule has 2 N–H and O–H groups in total. The minimum atomic E-state index is -4.69. The van der Waals surface area contributed by atoms with Crippen LogP contribution in [0.3, 0.4) is 0 Å².